The normalized spacial score (nSPS) is 10.8. The maximum atomic E-state index is 12.2. The SMILES string of the molecule is Cc1ccc(-c2cc3ccc(OC(=O)c4ccccc4)cc3s2)cc1. The zero-order valence-corrected chi connectivity index (χ0v) is 14.5. The Morgan fingerprint density at radius 1 is 0.880 bits per heavy atom. The molecule has 4 rings (SSSR count). The van der Waals surface area contributed by atoms with E-state index in [9.17, 15) is 4.79 Å². The predicted octanol–water partition coefficient (Wildman–Crippen LogP) is 6.10. The third-order valence-corrected chi connectivity index (χ3v) is 5.19. The fourth-order valence-corrected chi connectivity index (χ4v) is 3.77. The van der Waals surface area contributed by atoms with E-state index < -0.39 is 0 Å². The number of benzene rings is 3. The summed E-state index contributed by atoms with van der Waals surface area (Å²) in [4.78, 5) is 13.4. The summed E-state index contributed by atoms with van der Waals surface area (Å²) in [5, 5.41) is 1.15. The minimum atomic E-state index is -0.338. The first-order valence-electron chi connectivity index (χ1n) is 8.07. The zero-order chi connectivity index (χ0) is 17.2. The van der Waals surface area contributed by atoms with E-state index >= 15 is 0 Å². The summed E-state index contributed by atoms with van der Waals surface area (Å²) in [6, 6.07) is 25.5. The fraction of sp³-hybridized carbons (Fsp3) is 0.0455. The number of fused-ring (bicyclic) bond motifs is 1. The number of esters is 1. The highest BCUT2D eigenvalue weighted by Gasteiger charge is 2.10. The summed E-state index contributed by atoms with van der Waals surface area (Å²) < 4.78 is 6.61. The van der Waals surface area contributed by atoms with Crippen LogP contribution >= 0.6 is 11.3 Å². The highest BCUT2D eigenvalue weighted by Crippen LogP contribution is 2.35. The average molecular weight is 344 g/mol. The van der Waals surface area contributed by atoms with Crippen LogP contribution in [0, 0.1) is 6.92 Å². The number of carbonyl (C=O) groups excluding carboxylic acids is 1. The molecular formula is C22H16O2S. The van der Waals surface area contributed by atoms with Gasteiger partial charge in [0.25, 0.3) is 0 Å². The van der Waals surface area contributed by atoms with Gasteiger partial charge in [-0.25, -0.2) is 4.79 Å². The molecule has 0 saturated carbocycles. The molecule has 4 aromatic rings. The first-order valence-corrected chi connectivity index (χ1v) is 8.88. The van der Waals surface area contributed by atoms with Crippen LogP contribution in [0.5, 0.6) is 5.75 Å². The molecule has 1 aromatic heterocycles. The van der Waals surface area contributed by atoms with Crippen molar-refractivity contribution in [3.8, 4) is 16.2 Å². The molecule has 25 heavy (non-hydrogen) atoms. The third kappa shape index (κ3) is 3.32. The number of hydrogen-bond donors (Lipinski definition) is 0. The van der Waals surface area contributed by atoms with Crippen molar-refractivity contribution in [1.82, 2.24) is 0 Å². The standard InChI is InChI=1S/C22H16O2S/c1-15-7-9-16(10-8-15)20-13-18-11-12-19(14-21(18)25-20)24-22(23)17-5-3-2-4-6-17/h2-14H,1H3. The van der Waals surface area contributed by atoms with Crippen molar-refractivity contribution >= 4 is 27.4 Å². The summed E-state index contributed by atoms with van der Waals surface area (Å²) in [6.45, 7) is 2.09. The van der Waals surface area contributed by atoms with Crippen LogP contribution in [0.1, 0.15) is 15.9 Å². The molecular weight excluding hydrogens is 328 g/mol. The van der Waals surface area contributed by atoms with E-state index in [0.29, 0.717) is 11.3 Å². The lowest BCUT2D eigenvalue weighted by Gasteiger charge is -2.04. The lowest BCUT2D eigenvalue weighted by atomic mass is 10.1. The van der Waals surface area contributed by atoms with E-state index in [-0.39, 0.29) is 5.97 Å². The number of carbonyl (C=O) groups is 1. The molecule has 0 atom stereocenters. The van der Waals surface area contributed by atoms with E-state index in [1.807, 2.05) is 36.4 Å². The van der Waals surface area contributed by atoms with Crippen molar-refractivity contribution in [3.05, 3.63) is 90.0 Å². The molecule has 0 aliphatic carbocycles. The van der Waals surface area contributed by atoms with Crippen LogP contribution in [0.2, 0.25) is 0 Å². The minimum absolute atomic E-state index is 0.338. The summed E-state index contributed by atoms with van der Waals surface area (Å²) >= 11 is 1.70. The molecule has 0 aliphatic heterocycles. The second kappa shape index (κ2) is 6.54. The van der Waals surface area contributed by atoms with Crippen molar-refractivity contribution in [1.29, 1.82) is 0 Å². The lowest BCUT2D eigenvalue weighted by Crippen LogP contribution is -2.07. The van der Waals surface area contributed by atoms with Gasteiger partial charge >= 0.3 is 5.97 Å². The topological polar surface area (TPSA) is 26.3 Å². The number of ether oxygens (including phenoxy) is 1. The van der Waals surface area contributed by atoms with E-state index in [0.717, 1.165) is 10.1 Å². The Morgan fingerprint density at radius 2 is 1.64 bits per heavy atom. The number of hydrogen-bond acceptors (Lipinski definition) is 3. The molecule has 0 amide bonds. The van der Waals surface area contributed by atoms with Gasteiger partial charge in [-0.1, -0.05) is 48.0 Å². The van der Waals surface area contributed by atoms with Gasteiger partial charge in [0.15, 0.2) is 0 Å². The predicted molar refractivity (Wildman–Crippen MR) is 103 cm³/mol. The quantitative estimate of drug-likeness (QED) is 0.332. The van der Waals surface area contributed by atoms with E-state index in [1.165, 1.54) is 16.0 Å². The fourth-order valence-electron chi connectivity index (χ4n) is 2.68. The van der Waals surface area contributed by atoms with Gasteiger partial charge in [0.2, 0.25) is 0 Å². The van der Waals surface area contributed by atoms with Crippen molar-refractivity contribution < 1.29 is 9.53 Å². The van der Waals surface area contributed by atoms with Gasteiger partial charge in [-0.05, 0) is 54.3 Å². The van der Waals surface area contributed by atoms with E-state index in [1.54, 1.807) is 23.5 Å². The Labute approximate surface area is 150 Å². The van der Waals surface area contributed by atoms with Gasteiger partial charge in [0.1, 0.15) is 5.75 Å². The van der Waals surface area contributed by atoms with Gasteiger partial charge in [0.05, 0.1) is 5.56 Å². The highest BCUT2D eigenvalue weighted by atomic mass is 32.1. The molecule has 0 spiro atoms. The van der Waals surface area contributed by atoms with Crippen LogP contribution in [0.4, 0.5) is 0 Å². The number of rotatable bonds is 3. The molecule has 0 bridgehead atoms. The summed E-state index contributed by atoms with van der Waals surface area (Å²) in [5.41, 5.74) is 3.00. The van der Waals surface area contributed by atoms with Crippen molar-refractivity contribution in [2.75, 3.05) is 0 Å². The second-order valence-corrected chi connectivity index (χ2v) is 7.02. The van der Waals surface area contributed by atoms with Gasteiger partial charge in [-0.15, -0.1) is 11.3 Å². The Morgan fingerprint density at radius 3 is 2.40 bits per heavy atom. The molecule has 122 valence electrons. The third-order valence-electron chi connectivity index (χ3n) is 4.05. The van der Waals surface area contributed by atoms with Crippen molar-refractivity contribution in [3.63, 3.8) is 0 Å². The smallest absolute Gasteiger partial charge is 0.343 e. The number of thiophene rings is 1. The monoisotopic (exact) mass is 344 g/mol. The first-order chi connectivity index (χ1) is 12.2. The maximum absolute atomic E-state index is 12.2. The Kier molecular flexibility index (Phi) is 4.08. The molecule has 0 radical (unpaired) electrons. The second-order valence-electron chi connectivity index (χ2n) is 5.93. The Bertz CT molecular complexity index is 1030. The molecule has 0 fully saturated rings. The molecule has 0 aliphatic rings. The van der Waals surface area contributed by atoms with Crippen molar-refractivity contribution in [2.45, 2.75) is 6.92 Å². The van der Waals surface area contributed by atoms with Gasteiger partial charge in [-0.3, -0.25) is 0 Å². The molecule has 2 nitrogen and oxygen atoms in total. The van der Waals surface area contributed by atoms with Crippen LogP contribution in [-0.2, 0) is 0 Å². The van der Waals surface area contributed by atoms with E-state index in [4.69, 9.17) is 4.74 Å². The van der Waals surface area contributed by atoms with Gasteiger partial charge < -0.3 is 4.74 Å². The first kappa shape index (κ1) is 15.6. The Hall–Kier alpha value is -2.91. The van der Waals surface area contributed by atoms with Crippen LogP contribution in [0.3, 0.4) is 0 Å². The highest BCUT2D eigenvalue weighted by molar-refractivity contribution is 7.22. The molecule has 0 unspecified atom stereocenters. The van der Waals surface area contributed by atoms with Crippen LogP contribution in [-0.4, -0.2) is 5.97 Å². The number of aryl methyl sites for hydroxylation is 1. The summed E-state index contributed by atoms with van der Waals surface area (Å²) in [7, 11) is 0. The zero-order valence-electron chi connectivity index (χ0n) is 13.7. The Balaban J connectivity index is 1.62. The van der Waals surface area contributed by atoms with Crippen LogP contribution in [0.25, 0.3) is 20.5 Å². The van der Waals surface area contributed by atoms with Crippen molar-refractivity contribution in [2.24, 2.45) is 0 Å². The van der Waals surface area contributed by atoms with Gasteiger partial charge in [-0.2, -0.15) is 0 Å². The van der Waals surface area contributed by atoms with Gasteiger partial charge in [0, 0.05) is 9.58 Å². The molecule has 0 N–H and O–H groups in total. The maximum Gasteiger partial charge on any atom is 0.343 e. The lowest BCUT2D eigenvalue weighted by molar-refractivity contribution is 0.0735. The van der Waals surface area contributed by atoms with Crippen LogP contribution in [0.15, 0.2) is 78.9 Å². The summed E-state index contributed by atoms with van der Waals surface area (Å²) in [5.74, 6) is 0.230. The molecule has 3 aromatic carbocycles. The molecule has 0 saturated heterocycles. The summed E-state index contributed by atoms with van der Waals surface area (Å²) in [6.07, 6.45) is 0. The largest absolute Gasteiger partial charge is 0.423 e. The average Bonchev–Trinajstić information content (AvgIpc) is 3.06. The minimum Gasteiger partial charge on any atom is -0.423 e. The van der Waals surface area contributed by atoms with Crippen LogP contribution < -0.4 is 4.74 Å². The van der Waals surface area contributed by atoms with E-state index in [2.05, 4.69) is 37.3 Å². The molecule has 3 heteroatoms. The molecule has 1 heterocycles.